The monoisotopic (exact) mass is 822 g/mol. The topological polar surface area (TPSA) is 6.48 Å². The zero-order valence-corrected chi connectivity index (χ0v) is 36.7. The molecular formula is C62H50N2. The average Bonchev–Trinajstić information content (AvgIpc) is 3.35. The normalized spacial score (nSPS) is 14.1. The van der Waals surface area contributed by atoms with Crippen LogP contribution in [0.25, 0.3) is 67.1 Å². The van der Waals surface area contributed by atoms with Gasteiger partial charge >= 0.3 is 0 Å². The van der Waals surface area contributed by atoms with E-state index in [-0.39, 0.29) is 0 Å². The summed E-state index contributed by atoms with van der Waals surface area (Å²) in [4.78, 5) is 4.99. The Bertz CT molecular complexity index is 3420. The first-order valence-corrected chi connectivity index (χ1v) is 22.6. The summed E-state index contributed by atoms with van der Waals surface area (Å²) in [6.45, 7) is 7.34. The lowest BCUT2D eigenvalue weighted by atomic mass is 9.86. The molecule has 0 amide bonds. The van der Waals surface area contributed by atoms with Crippen LogP contribution in [0.5, 0.6) is 0 Å². The molecule has 11 rings (SSSR count). The van der Waals surface area contributed by atoms with Crippen LogP contribution >= 0.6 is 0 Å². The number of anilines is 4. The van der Waals surface area contributed by atoms with Crippen LogP contribution in [0, 0.1) is 0 Å². The van der Waals surface area contributed by atoms with E-state index in [9.17, 15) is 0 Å². The quantitative estimate of drug-likeness (QED) is 0.158. The van der Waals surface area contributed by atoms with Crippen molar-refractivity contribution in [1.29, 1.82) is 0 Å². The van der Waals surface area contributed by atoms with E-state index in [1.807, 2.05) is 0 Å². The van der Waals surface area contributed by atoms with Gasteiger partial charge in [0.15, 0.2) is 0 Å². The molecule has 0 spiro atoms. The summed E-state index contributed by atoms with van der Waals surface area (Å²) in [5.41, 5.74) is 18.9. The van der Waals surface area contributed by atoms with Gasteiger partial charge in [0.05, 0.1) is 0 Å². The Labute approximate surface area is 376 Å². The number of para-hydroxylation sites is 3. The van der Waals surface area contributed by atoms with E-state index in [1.54, 1.807) is 0 Å². The molecule has 0 aliphatic carbocycles. The lowest BCUT2D eigenvalue weighted by Crippen LogP contribution is -2.33. The zero-order valence-electron chi connectivity index (χ0n) is 36.7. The van der Waals surface area contributed by atoms with E-state index in [0.29, 0.717) is 0 Å². The minimum Gasteiger partial charge on any atom is -0.341 e. The SMILES string of the molecule is C/C=C\C1=C(C)N(C/C=c2/c(-c3cccc(-c4ccc5ccccc5c4)c3)c3ccc(N4c5ccccc5Cc5ccccc54)cc3c(-c3ccccc3)/c2=C/C)c2ccccc2C1. The second-order valence-corrected chi connectivity index (χ2v) is 17.1. The molecule has 0 saturated heterocycles. The third-order valence-corrected chi connectivity index (χ3v) is 13.4. The van der Waals surface area contributed by atoms with Crippen molar-refractivity contribution in [2.75, 3.05) is 16.3 Å². The molecule has 9 aromatic carbocycles. The predicted molar refractivity (Wildman–Crippen MR) is 274 cm³/mol. The van der Waals surface area contributed by atoms with Crippen molar-refractivity contribution < 1.29 is 0 Å². The molecule has 2 aliphatic heterocycles. The molecule has 308 valence electrons. The minimum atomic E-state index is 0.723. The molecule has 0 unspecified atom stereocenters. The Kier molecular flexibility index (Phi) is 10.1. The maximum atomic E-state index is 2.52. The van der Waals surface area contributed by atoms with Gasteiger partial charge in [-0.15, -0.1) is 0 Å². The first-order chi connectivity index (χ1) is 31.6. The molecule has 0 saturated carbocycles. The summed E-state index contributed by atoms with van der Waals surface area (Å²) < 4.78 is 0. The maximum absolute atomic E-state index is 2.52. The number of allylic oxidation sites excluding steroid dienone is 4. The van der Waals surface area contributed by atoms with Crippen molar-refractivity contribution in [1.82, 2.24) is 0 Å². The van der Waals surface area contributed by atoms with Gasteiger partial charge in [0, 0.05) is 47.8 Å². The van der Waals surface area contributed by atoms with Gasteiger partial charge in [-0.05, 0) is 151 Å². The van der Waals surface area contributed by atoms with Crippen molar-refractivity contribution in [2.45, 2.75) is 33.6 Å². The van der Waals surface area contributed by atoms with Crippen LogP contribution in [-0.2, 0) is 12.8 Å². The molecule has 2 heteroatoms. The molecule has 0 N–H and O–H groups in total. The lowest BCUT2D eigenvalue weighted by molar-refractivity contribution is 0.939. The Morgan fingerprint density at radius 2 is 1.08 bits per heavy atom. The average molecular weight is 823 g/mol. The smallest absolute Gasteiger partial charge is 0.0497 e. The van der Waals surface area contributed by atoms with Gasteiger partial charge in [-0.25, -0.2) is 0 Å². The summed E-state index contributed by atoms with van der Waals surface area (Å²) in [7, 11) is 0. The van der Waals surface area contributed by atoms with Crippen LogP contribution in [0.15, 0.2) is 211 Å². The Balaban J connectivity index is 1.21. The zero-order chi connectivity index (χ0) is 43.1. The molecule has 64 heavy (non-hydrogen) atoms. The van der Waals surface area contributed by atoms with E-state index in [4.69, 9.17) is 0 Å². The molecule has 0 radical (unpaired) electrons. The van der Waals surface area contributed by atoms with Crippen molar-refractivity contribution in [3.8, 4) is 33.4 Å². The van der Waals surface area contributed by atoms with Crippen LogP contribution in [-0.4, -0.2) is 6.54 Å². The molecule has 0 fully saturated rings. The Hall–Kier alpha value is -7.68. The summed E-state index contributed by atoms with van der Waals surface area (Å²) in [5, 5.41) is 7.44. The third-order valence-electron chi connectivity index (χ3n) is 13.4. The molecule has 9 aromatic rings. The standard InChI is InChI=1S/C62H50N2/c1-4-18-45-37-49-23-11-14-28-58(49)63(42(45)3)36-35-56-54(5-2)61(44-20-7-6-8-21-44)57-41-53(64-59-29-15-12-24-50(59)40-51-25-13-16-30-60(51)64)33-34-55(57)62(56)52-27-17-26-47(39-52)48-32-31-43-19-9-10-22-46(43)38-48/h4-35,38-39,41H,36-37,40H2,1-3H3/b18-4-,54-5+,56-35+. The Morgan fingerprint density at radius 3 is 1.81 bits per heavy atom. The van der Waals surface area contributed by atoms with Gasteiger partial charge in [-0.1, -0.05) is 170 Å². The molecule has 0 bridgehead atoms. The van der Waals surface area contributed by atoms with Crippen LogP contribution in [0.1, 0.15) is 37.5 Å². The highest BCUT2D eigenvalue weighted by Crippen LogP contribution is 2.45. The van der Waals surface area contributed by atoms with E-state index in [2.05, 4.69) is 243 Å². The predicted octanol–water partition coefficient (Wildman–Crippen LogP) is 14.9. The highest BCUT2D eigenvalue weighted by molar-refractivity contribution is 6.08. The summed E-state index contributed by atoms with van der Waals surface area (Å²) >= 11 is 0. The first-order valence-electron chi connectivity index (χ1n) is 22.6. The van der Waals surface area contributed by atoms with Gasteiger partial charge < -0.3 is 9.80 Å². The molecule has 0 atom stereocenters. The first kappa shape index (κ1) is 39.2. The fraction of sp³-hybridized carbons (Fsp3) is 0.0968. The van der Waals surface area contributed by atoms with E-state index in [1.165, 1.54) is 110 Å². The minimum absolute atomic E-state index is 0.723. The van der Waals surface area contributed by atoms with Gasteiger partial charge in [0.2, 0.25) is 0 Å². The van der Waals surface area contributed by atoms with Crippen LogP contribution in [0.3, 0.4) is 0 Å². The van der Waals surface area contributed by atoms with Crippen molar-refractivity contribution in [3.63, 3.8) is 0 Å². The van der Waals surface area contributed by atoms with Gasteiger partial charge in [-0.2, -0.15) is 0 Å². The second kappa shape index (κ2) is 16.5. The number of fused-ring (bicyclic) bond motifs is 5. The highest BCUT2D eigenvalue weighted by Gasteiger charge is 2.26. The van der Waals surface area contributed by atoms with Gasteiger partial charge in [-0.3, -0.25) is 0 Å². The number of hydrogen-bond acceptors (Lipinski definition) is 2. The van der Waals surface area contributed by atoms with Crippen molar-refractivity contribution in [3.05, 3.63) is 239 Å². The summed E-state index contributed by atoms with van der Waals surface area (Å²) in [6, 6.07) is 69.6. The molecule has 2 nitrogen and oxygen atoms in total. The van der Waals surface area contributed by atoms with Crippen LogP contribution in [0.4, 0.5) is 22.7 Å². The number of nitrogens with zero attached hydrogens (tertiary/aromatic N) is 2. The number of hydrogen-bond donors (Lipinski definition) is 0. The molecule has 2 heterocycles. The second-order valence-electron chi connectivity index (χ2n) is 17.1. The molecule has 2 aliphatic rings. The summed E-state index contributed by atoms with van der Waals surface area (Å²) in [5.74, 6) is 0. The van der Waals surface area contributed by atoms with Gasteiger partial charge in [0.1, 0.15) is 0 Å². The number of rotatable bonds is 7. The Morgan fingerprint density at radius 1 is 0.469 bits per heavy atom. The van der Waals surface area contributed by atoms with E-state index in [0.717, 1.165) is 25.1 Å². The van der Waals surface area contributed by atoms with Crippen molar-refractivity contribution >= 4 is 56.4 Å². The largest absolute Gasteiger partial charge is 0.341 e. The summed E-state index contributed by atoms with van der Waals surface area (Å²) in [6.07, 6.45) is 11.2. The number of benzene rings is 9. The van der Waals surface area contributed by atoms with E-state index < -0.39 is 0 Å². The fourth-order valence-electron chi connectivity index (χ4n) is 10.4. The fourth-order valence-corrected chi connectivity index (χ4v) is 10.4. The van der Waals surface area contributed by atoms with Crippen LogP contribution in [0.2, 0.25) is 0 Å². The third kappa shape index (κ3) is 6.83. The highest BCUT2D eigenvalue weighted by atomic mass is 15.2. The van der Waals surface area contributed by atoms with E-state index >= 15 is 0 Å². The van der Waals surface area contributed by atoms with Crippen LogP contribution < -0.4 is 20.2 Å². The maximum Gasteiger partial charge on any atom is 0.0497 e. The molecule has 0 aromatic heterocycles. The van der Waals surface area contributed by atoms with Crippen molar-refractivity contribution in [2.24, 2.45) is 0 Å². The molecular weight excluding hydrogens is 773 g/mol. The lowest BCUT2D eigenvalue weighted by Gasteiger charge is -2.34. The van der Waals surface area contributed by atoms with Gasteiger partial charge in [0.25, 0.3) is 0 Å².